The van der Waals surface area contributed by atoms with Gasteiger partial charge in [0.1, 0.15) is 0 Å². The zero-order valence-electron chi connectivity index (χ0n) is 14.1. The predicted molar refractivity (Wildman–Crippen MR) is 86.5 cm³/mol. The Hall–Kier alpha value is -1.36. The van der Waals surface area contributed by atoms with Crippen molar-refractivity contribution in [3.8, 4) is 0 Å². The third-order valence-corrected chi connectivity index (χ3v) is 4.82. The van der Waals surface area contributed by atoms with Crippen LogP contribution in [-0.4, -0.2) is 51.6 Å². The predicted octanol–water partition coefficient (Wildman–Crippen LogP) is 2.29. The van der Waals surface area contributed by atoms with Crippen molar-refractivity contribution in [3.63, 3.8) is 0 Å². The molecule has 1 atom stereocenters. The fraction of sp³-hybridized carbons (Fsp3) is 0.765. The Bertz CT molecular complexity index is 531. The summed E-state index contributed by atoms with van der Waals surface area (Å²) < 4.78 is 0. The largest absolute Gasteiger partial charge is 0.338 e. The van der Waals surface area contributed by atoms with Gasteiger partial charge in [0.05, 0.1) is 5.69 Å². The van der Waals surface area contributed by atoms with Gasteiger partial charge in [-0.05, 0) is 31.9 Å². The summed E-state index contributed by atoms with van der Waals surface area (Å²) >= 11 is 0. The summed E-state index contributed by atoms with van der Waals surface area (Å²) in [6, 6.07) is 2.60. The van der Waals surface area contributed by atoms with E-state index in [1.807, 2.05) is 0 Å². The highest BCUT2D eigenvalue weighted by Gasteiger charge is 2.31. The maximum atomic E-state index is 11.9. The number of H-pyrrole nitrogens is 1. The molecule has 1 aromatic heterocycles. The van der Waals surface area contributed by atoms with E-state index in [-0.39, 0.29) is 5.41 Å². The lowest BCUT2D eigenvalue weighted by Crippen LogP contribution is -2.48. The Labute approximate surface area is 133 Å². The van der Waals surface area contributed by atoms with Crippen LogP contribution in [0.1, 0.15) is 57.8 Å². The highest BCUT2D eigenvalue weighted by Crippen LogP contribution is 2.24. The molecule has 0 spiro atoms. The maximum Gasteiger partial charge on any atom is 0.222 e. The standard InChI is InChI=1S/C17H28N4O/c1-17(2,3)15-10-13(18-19-15)11-20-8-4-6-14(12-20)21-9-5-7-16(21)22/h10,14H,4-9,11-12H2,1-3H3,(H,18,19)/t14-/m1/s1. The van der Waals surface area contributed by atoms with E-state index < -0.39 is 0 Å². The molecule has 1 N–H and O–H groups in total. The minimum Gasteiger partial charge on any atom is -0.338 e. The van der Waals surface area contributed by atoms with Crippen LogP contribution in [0.3, 0.4) is 0 Å². The topological polar surface area (TPSA) is 52.2 Å². The van der Waals surface area contributed by atoms with Gasteiger partial charge in [-0.3, -0.25) is 14.8 Å². The quantitative estimate of drug-likeness (QED) is 0.932. The molecular weight excluding hydrogens is 276 g/mol. The molecule has 0 aliphatic carbocycles. The third kappa shape index (κ3) is 3.35. The molecule has 0 radical (unpaired) electrons. The summed E-state index contributed by atoms with van der Waals surface area (Å²) in [5.41, 5.74) is 2.38. The van der Waals surface area contributed by atoms with E-state index >= 15 is 0 Å². The molecular formula is C17H28N4O. The second-order valence-corrected chi connectivity index (χ2v) is 7.75. The van der Waals surface area contributed by atoms with Crippen LogP contribution in [0, 0.1) is 0 Å². The molecule has 5 nitrogen and oxygen atoms in total. The van der Waals surface area contributed by atoms with Gasteiger partial charge < -0.3 is 4.90 Å². The van der Waals surface area contributed by atoms with Crippen molar-refractivity contribution < 1.29 is 4.79 Å². The average Bonchev–Trinajstić information content (AvgIpc) is 3.07. The molecule has 3 heterocycles. The van der Waals surface area contributed by atoms with E-state index in [9.17, 15) is 4.79 Å². The van der Waals surface area contributed by atoms with Crippen molar-refractivity contribution in [1.29, 1.82) is 0 Å². The second-order valence-electron chi connectivity index (χ2n) is 7.75. The van der Waals surface area contributed by atoms with Crippen molar-refractivity contribution in [1.82, 2.24) is 20.0 Å². The molecule has 22 heavy (non-hydrogen) atoms. The molecule has 3 rings (SSSR count). The summed E-state index contributed by atoms with van der Waals surface area (Å²) in [5.74, 6) is 0.350. The number of amides is 1. The van der Waals surface area contributed by atoms with Crippen LogP contribution in [-0.2, 0) is 16.8 Å². The molecule has 2 saturated heterocycles. The number of hydrogen-bond donors (Lipinski definition) is 1. The van der Waals surface area contributed by atoms with Crippen LogP contribution in [0.15, 0.2) is 6.07 Å². The number of piperidine rings is 1. The minimum absolute atomic E-state index is 0.0845. The van der Waals surface area contributed by atoms with E-state index in [0.29, 0.717) is 11.9 Å². The Morgan fingerprint density at radius 1 is 1.32 bits per heavy atom. The number of nitrogens with zero attached hydrogens (tertiary/aromatic N) is 3. The maximum absolute atomic E-state index is 11.9. The third-order valence-electron chi connectivity index (χ3n) is 4.82. The first-order valence-corrected chi connectivity index (χ1v) is 8.50. The Morgan fingerprint density at radius 3 is 2.77 bits per heavy atom. The van der Waals surface area contributed by atoms with Gasteiger partial charge in [-0.25, -0.2) is 0 Å². The molecule has 1 aromatic rings. The number of rotatable bonds is 3. The lowest BCUT2D eigenvalue weighted by molar-refractivity contribution is -0.130. The SMILES string of the molecule is CC(C)(C)c1cc(CN2CCC[C@@H](N3CCCC3=O)C2)[nH]n1. The highest BCUT2D eigenvalue weighted by molar-refractivity contribution is 5.78. The first kappa shape index (κ1) is 15.5. The number of nitrogens with one attached hydrogen (secondary N) is 1. The van der Waals surface area contributed by atoms with Gasteiger partial charge in [0.25, 0.3) is 0 Å². The normalized spacial score (nSPS) is 24.2. The first-order valence-electron chi connectivity index (χ1n) is 8.50. The zero-order valence-corrected chi connectivity index (χ0v) is 14.1. The summed E-state index contributed by atoms with van der Waals surface area (Å²) in [6.45, 7) is 10.5. The molecule has 2 aliphatic rings. The monoisotopic (exact) mass is 304 g/mol. The van der Waals surface area contributed by atoms with Crippen LogP contribution in [0.25, 0.3) is 0 Å². The van der Waals surface area contributed by atoms with Crippen LogP contribution < -0.4 is 0 Å². The van der Waals surface area contributed by atoms with Crippen molar-refractivity contribution in [2.75, 3.05) is 19.6 Å². The van der Waals surface area contributed by atoms with E-state index in [0.717, 1.165) is 51.1 Å². The number of carbonyl (C=O) groups excluding carboxylic acids is 1. The van der Waals surface area contributed by atoms with Crippen LogP contribution in [0.5, 0.6) is 0 Å². The molecule has 0 saturated carbocycles. The highest BCUT2D eigenvalue weighted by atomic mass is 16.2. The fourth-order valence-corrected chi connectivity index (χ4v) is 3.55. The minimum atomic E-state index is 0.0845. The number of hydrogen-bond acceptors (Lipinski definition) is 3. The van der Waals surface area contributed by atoms with Gasteiger partial charge in [0, 0.05) is 43.2 Å². The summed E-state index contributed by atoms with van der Waals surface area (Å²) in [6.07, 6.45) is 4.10. The number of likely N-dealkylation sites (tertiary alicyclic amines) is 2. The van der Waals surface area contributed by atoms with Crippen molar-refractivity contribution in [2.24, 2.45) is 0 Å². The molecule has 0 aromatic carbocycles. The number of aromatic amines is 1. The molecule has 5 heteroatoms. The molecule has 122 valence electrons. The fourth-order valence-electron chi connectivity index (χ4n) is 3.55. The lowest BCUT2D eigenvalue weighted by Gasteiger charge is -2.37. The number of aromatic nitrogens is 2. The van der Waals surface area contributed by atoms with Crippen molar-refractivity contribution in [2.45, 2.75) is 64.5 Å². The van der Waals surface area contributed by atoms with Crippen molar-refractivity contribution in [3.05, 3.63) is 17.5 Å². The van der Waals surface area contributed by atoms with Crippen molar-refractivity contribution >= 4 is 5.91 Å². The summed E-state index contributed by atoms with van der Waals surface area (Å²) in [4.78, 5) is 16.5. The summed E-state index contributed by atoms with van der Waals surface area (Å²) in [7, 11) is 0. The Kier molecular flexibility index (Phi) is 4.26. The van der Waals surface area contributed by atoms with Crippen LogP contribution >= 0.6 is 0 Å². The smallest absolute Gasteiger partial charge is 0.222 e. The molecule has 2 fully saturated rings. The van der Waals surface area contributed by atoms with E-state index in [1.165, 1.54) is 12.1 Å². The van der Waals surface area contributed by atoms with E-state index in [4.69, 9.17) is 0 Å². The van der Waals surface area contributed by atoms with E-state index in [2.05, 4.69) is 46.8 Å². The van der Waals surface area contributed by atoms with Gasteiger partial charge in [0.2, 0.25) is 5.91 Å². The van der Waals surface area contributed by atoms with Gasteiger partial charge in [-0.1, -0.05) is 20.8 Å². The molecule has 0 bridgehead atoms. The first-order chi connectivity index (χ1) is 10.4. The average molecular weight is 304 g/mol. The Morgan fingerprint density at radius 2 is 2.14 bits per heavy atom. The van der Waals surface area contributed by atoms with E-state index in [1.54, 1.807) is 0 Å². The Balaban J connectivity index is 1.60. The van der Waals surface area contributed by atoms with Crippen LogP contribution in [0.4, 0.5) is 0 Å². The molecule has 2 aliphatic heterocycles. The second kappa shape index (κ2) is 6.03. The van der Waals surface area contributed by atoms with Gasteiger partial charge in [0.15, 0.2) is 0 Å². The zero-order chi connectivity index (χ0) is 15.7. The number of carbonyl (C=O) groups is 1. The van der Waals surface area contributed by atoms with Gasteiger partial charge in [-0.2, -0.15) is 5.10 Å². The molecule has 0 unspecified atom stereocenters. The van der Waals surface area contributed by atoms with Crippen LogP contribution in [0.2, 0.25) is 0 Å². The van der Waals surface area contributed by atoms with Gasteiger partial charge in [-0.15, -0.1) is 0 Å². The lowest BCUT2D eigenvalue weighted by atomic mass is 9.92. The summed E-state index contributed by atoms with van der Waals surface area (Å²) in [5, 5.41) is 7.63. The van der Waals surface area contributed by atoms with Gasteiger partial charge >= 0.3 is 0 Å². The molecule has 1 amide bonds.